The average Bonchev–Trinajstić information content (AvgIpc) is 3.23. The number of aromatic nitrogens is 1. The van der Waals surface area contributed by atoms with E-state index in [1.54, 1.807) is 0 Å². The van der Waals surface area contributed by atoms with E-state index in [-0.39, 0.29) is 11.3 Å². The van der Waals surface area contributed by atoms with Crippen LogP contribution in [0.25, 0.3) is 0 Å². The van der Waals surface area contributed by atoms with Crippen LogP contribution in [-0.2, 0) is 18.3 Å². The van der Waals surface area contributed by atoms with Gasteiger partial charge in [0.1, 0.15) is 5.78 Å². The van der Waals surface area contributed by atoms with Crippen LogP contribution in [0.4, 0.5) is 0 Å². The van der Waals surface area contributed by atoms with Gasteiger partial charge in [0.05, 0.1) is 5.60 Å². The molecule has 0 radical (unpaired) electrons. The molecular formula is C26H39NO2. The Labute approximate surface area is 176 Å². The molecule has 0 bridgehead atoms. The third-order valence-corrected chi connectivity index (χ3v) is 10.0. The van der Waals surface area contributed by atoms with Gasteiger partial charge < -0.3 is 9.67 Å². The van der Waals surface area contributed by atoms with Crippen LogP contribution in [0.3, 0.4) is 0 Å². The first-order chi connectivity index (χ1) is 13.8. The minimum absolute atomic E-state index is 0.219. The molecule has 0 aromatic carbocycles. The summed E-state index contributed by atoms with van der Waals surface area (Å²) in [5.41, 5.74) is 0.945. The van der Waals surface area contributed by atoms with E-state index < -0.39 is 5.60 Å². The lowest BCUT2D eigenvalue weighted by Gasteiger charge is -2.56. The fourth-order valence-electron chi connectivity index (χ4n) is 8.59. The second-order valence-corrected chi connectivity index (χ2v) is 11.6. The Hall–Kier alpha value is -1.09. The van der Waals surface area contributed by atoms with Crippen LogP contribution in [0.2, 0.25) is 0 Å². The van der Waals surface area contributed by atoms with E-state index in [0.717, 1.165) is 54.5 Å². The number of rotatable bonds is 3. The highest BCUT2D eigenvalue weighted by molar-refractivity contribution is 5.84. The smallest absolute Gasteiger partial charge is 0.142 e. The molecule has 160 valence electrons. The van der Waals surface area contributed by atoms with Crippen LogP contribution in [0.5, 0.6) is 0 Å². The molecule has 0 unspecified atom stereocenters. The summed E-state index contributed by atoms with van der Waals surface area (Å²) in [6, 6.07) is 4.15. The van der Waals surface area contributed by atoms with Crippen LogP contribution < -0.4 is 0 Å². The number of aliphatic hydroxyl groups is 1. The summed E-state index contributed by atoms with van der Waals surface area (Å²) < 4.78 is 2.10. The third kappa shape index (κ3) is 3.23. The Morgan fingerprint density at radius 2 is 1.86 bits per heavy atom. The van der Waals surface area contributed by atoms with E-state index in [2.05, 4.69) is 17.6 Å². The molecule has 4 aliphatic carbocycles. The zero-order chi connectivity index (χ0) is 20.4. The van der Waals surface area contributed by atoms with E-state index in [4.69, 9.17) is 0 Å². The van der Waals surface area contributed by atoms with Crippen LogP contribution in [0, 0.1) is 40.9 Å². The van der Waals surface area contributed by atoms with Gasteiger partial charge >= 0.3 is 0 Å². The number of fused-ring (bicyclic) bond motifs is 5. The van der Waals surface area contributed by atoms with E-state index in [0.29, 0.717) is 12.2 Å². The number of nitrogens with zero attached hydrogens (tertiary/aromatic N) is 1. The summed E-state index contributed by atoms with van der Waals surface area (Å²) in [7, 11) is 2.05. The average molecular weight is 398 g/mol. The minimum atomic E-state index is -0.432. The van der Waals surface area contributed by atoms with E-state index in [1.807, 2.05) is 26.2 Å². The third-order valence-electron chi connectivity index (χ3n) is 10.0. The van der Waals surface area contributed by atoms with Crippen molar-refractivity contribution in [3.05, 3.63) is 24.0 Å². The number of ketones is 1. The maximum absolute atomic E-state index is 13.3. The Bertz CT molecular complexity index is 779. The summed E-state index contributed by atoms with van der Waals surface area (Å²) in [6.45, 7) is 4.51. The van der Waals surface area contributed by atoms with Crippen molar-refractivity contribution in [3.8, 4) is 0 Å². The standard InChI is InChI=1S/C26H39NO2/c1-25(29)12-10-19-17(16-25)6-7-21-20(19)11-13-26(2)22(21)8-9-23(26)24(28)15-18-5-4-14-27(18)3/h4-5,14,17,19-23,29H,6-13,15-16H2,1-3H3/t17-,19+,20-,21-,22+,23-,25-,26+/m1/s1. The highest BCUT2D eigenvalue weighted by atomic mass is 16.3. The van der Waals surface area contributed by atoms with Gasteiger partial charge in [-0.15, -0.1) is 0 Å². The van der Waals surface area contributed by atoms with Gasteiger partial charge in [-0.25, -0.2) is 0 Å². The Morgan fingerprint density at radius 3 is 2.62 bits per heavy atom. The van der Waals surface area contributed by atoms with Gasteiger partial charge in [-0.2, -0.15) is 0 Å². The van der Waals surface area contributed by atoms with Crippen LogP contribution in [0.15, 0.2) is 18.3 Å². The summed E-state index contributed by atoms with van der Waals surface area (Å²) in [6.07, 6.45) is 13.4. The maximum atomic E-state index is 13.3. The molecule has 4 saturated carbocycles. The van der Waals surface area contributed by atoms with Crippen molar-refractivity contribution < 1.29 is 9.90 Å². The van der Waals surface area contributed by atoms with Crippen LogP contribution >= 0.6 is 0 Å². The summed E-state index contributed by atoms with van der Waals surface area (Å²) in [4.78, 5) is 13.3. The molecule has 3 heteroatoms. The van der Waals surface area contributed by atoms with Gasteiger partial charge in [0, 0.05) is 31.3 Å². The first kappa shape index (κ1) is 19.8. The molecule has 0 aliphatic heterocycles. The quantitative estimate of drug-likeness (QED) is 0.766. The molecule has 1 heterocycles. The number of carbonyl (C=O) groups excluding carboxylic acids is 1. The SMILES string of the molecule is Cn1cccc1CC(=O)[C@H]1CC[C@H]2[C@@H]3CC[C@@H]4C[C@](C)(O)CC[C@@H]4[C@H]3CC[C@]12C. The predicted octanol–water partition coefficient (Wildman–Crippen LogP) is 5.16. The maximum Gasteiger partial charge on any atom is 0.142 e. The Morgan fingerprint density at radius 1 is 1.07 bits per heavy atom. The van der Waals surface area contributed by atoms with Gasteiger partial charge in [-0.1, -0.05) is 6.92 Å². The Kier molecular flexibility index (Phi) is 4.77. The van der Waals surface area contributed by atoms with Crippen molar-refractivity contribution in [2.45, 2.75) is 83.7 Å². The topological polar surface area (TPSA) is 42.2 Å². The van der Waals surface area contributed by atoms with E-state index in [9.17, 15) is 9.90 Å². The molecule has 0 spiro atoms. The first-order valence-corrected chi connectivity index (χ1v) is 12.1. The molecule has 3 nitrogen and oxygen atoms in total. The summed E-state index contributed by atoms with van der Waals surface area (Å²) in [5, 5.41) is 10.6. The summed E-state index contributed by atoms with van der Waals surface area (Å²) >= 11 is 0. The fourth-order valence-corrected chi connectivity index (χ4v) is 8.59. The van der Waals surface area contributed by atoms with Crippen molar-refractivity contribution in [2.75, 3.05) is 0 Å². The second-order valence-electron chi connectivity index (χ2n) is 11.6. The van der Waals surface area contributed by atoms with Gasteiger partial charge in [0.2, 0.25) is 0 Å². The van der Waals surface area contributed by atoms with Crippen LogP contribution in [-0.4, -0.2) is 21.1 Å². The number of Topliss-reactive ketones (excluding diaryl/α,β-unsaturated/α-hetero) is 1. The molecule has 8 atom stereocenters. The largest absolute Gasteiger partial charge is 0.390 e. The van der Waals surface area contributed by atoms with Gasteiger partial charge in [0.15, 0.2) is 0 Å². The molecule has 1 N–H and O–H groups in total. The van der Waals surface area contributed by atoms with E-state index >= 15 is 0 Å². The lowest BCUT2D eigenvalue weighted by molar-refractivity contribution is -0.131. The van der Waals surface area contributed by atoms with Crippen LogP contribution in [0.1, 0.15) is 77.3 Å². The Balaban J connectivity index is 1.32. The highest BCUT2D eigenvalue weighted by Crippen LogP contribution is 2.64. The number of hydrogen-bond donors (Lipinski definition) is 1. The molecular weight excluding hydrogens is 358 g/mol. The molecule has 4 fully saturated rings. The monoisotopic (exact) mass is 397 g/mol. The lowest BCUT2D eigenvalue weighted by Crippen LogP contribution is -2.51. The van der Waals surface area contributed by atoms with Gasteiger partial charge in [-0.05, 0) is 112 Å². The second kappa shape index (κ2) is 6.97. The normalized spacial score (nSPS) is 46.6. The molecule has 1 aromatic heterocycles. The molecule has 0 amide bonds. The summed E-state index contributed by atoms with van der Waals surface area (Å²) in [5.74, 6) is 4.73. The highest BCUT2D eigenvalue weighted by Gasteiger charge is 2.58. The van der Waals surface area contributed by atoms with Crippen molar-refractivity contribution in [3.63, 3.8) is 0 Å². The van der Waals surface area contributed by atoms with Crippen molar-refractivity contribution in [1.82, 2.24) is 4.57 Å². The van der Waals surface area contributed by atoms with Crippen molar-refractivity contribution in [2.24, 2.45) is 48.0 Å². The fraction of sp³-hybridized carbons (Fsp3) is 0.808. The molecule has 1 aromatic rings. The van der Waals surface area contributed by atoms with Crippen molar-refractivity contribution >= 4 is 5.78 Å². The van der Waals surface area contributed by atoms with Gasteiger partial charge in [-0.3, -0.25) is 4.79 Å². The zero-order valence-corrected chi connectivity index (χ0v) is 18.6. The van der Waals surface area contributed by atoms with E-state index in [1.165, 1.54) is 38.5 Å². The molecule has 0 saturated heterocycles. The molecule has 29 heavy (non-hydrogen) atoms. The molecule has 4 aliphatic rings. The van der Waals surface area contributed by atoms with Gasteiger partial charge in [0.25, 0.3) is 0 Å². The number of hydrogen-bond acceptors (Lipinski definition) is 2. The minimum Gasteiger partial charge on any atom is -0.390 e. The number of carbonyl (C=O) groups is 1. The lowest BCUT2D eigenvalue weighted by atomic mass is 9.49. The zero-order valence-electron chi connectivity index (χ0n) is 18.6. The molecule has 5 rings (SSSR count). The first-order valence-electron chi connectivity index (χ1n) is 12.1. The van der Waals surface area contributed by atoms with Crippen molar-refractivity contribution in [1.29, 1.82) is 0 Å². The number of aryl methyl sites for hydroxylation is 1. The predicted molar refractivity (Wildman–Crippen MR) is 115 cm³/mol.